The minimum atomic E-state index is -4.24. The first-order chi connectivity index (χ1) is 13.7. The van der Waals surface area contributed by atoms with Gasteiger partial charge in [-0.15, -0.1) is 0 Å². The molecule has 9 heteroatoms. The van der Waals surface area contributed by atoms with Crippen molar-refractivity contribution in [3.63, 3.8) is 0 Å². The average molecular weight is 420 g/mol. The maximum Gasteiger partial charge on any atom is 0.303 e. The number of carboxylic acids is 1. The number of sulfonamides is 1. The topological polar surface area (TPSA) is 113 Å². The highest BCUT2D eigenvalue weighted by Gasteiger charge is 2.27. The summed E-state index contributed by atoms with van der Waals surface area (Å²) in [6.45, 7) is 0. The summed E-state index contributed by atoms with van der Waals surface area (Å²) in [5.41, 5.74) is 1.64. The number of carboxylic acid groups (broad SMARTS) is 1. The summed E-state index contributed by atoms with van der Waals surface area (Å²) in [5, 5.41) is 11.5. The van der Waals surface area contributed by atoms with Gasteiger partial charge in [-0.05, 0) is 42.5 Å². The molecule has 1 amide bonds. The molecule has 1 aliphatic rings. The van der Waals surface area contributed by atoms with Crippen molar-refractivity contribution in [2.24, 2.45) is 0 Å². The molecule has 0 aromatic heterocycles. The van der Waals surface area contributed by atoms with Gasteiger partial charge in [0.1, 0.15) is 10.7 Å². The van der Waals surface area contributed by atoms with Gasteiger partial charge in [0.15, 0.2) is 0 Å². The van der Waals surface area contributed by atoms with E-state index < -0.39 is 32.7 Å². The van der Waals surface area contributed by atoms with Crippen LogP contribution in [0.15, 0.2) is 47.4 Å². The molecular formula is C20H21FN2O5S. The monoisotopic (exact) mass is 420 g/mol. The fraction of sp³-hybridized carbons (Fsp3) is 0.300. The van der Waals surface area contributed by atoms with Gasteiger partial charge in [-0.1, -0.05) is 30.3 Å². The lowest BCUT2D eigenvalue weighted by molar-refractivity contribution is -0.137. The standard InChI is InChI=1S/C20H21FN2O5S/c21-16-12-17-14(6-8-19(24)22-17)11-18(16)29(27,28)23-15(7-9-20(25)26)10-13-4-2-1-3-5-13/h1-5,11-12,15,23H,6-10H2,(H,22,24)(H,25,26). The molecule has 1 heterocycles. The van der Waals surface area contributed by atoms with E-state index in [0.717, 1.165) is 11.6 Å². The molecule has 0 aliphatic carbocycles. The molecule has 0 saturated carbocycles. The molecular weight excluding hydrogens is 399 g/mol. The molecule has 2 aromatic carbocycles. The molecule has 29 heavy (non-hydrogen) atoms. The Hall–Kier alpha value is -2.78. The van der Waals surface area contributed by atoms with Crippen LogP contribution in [0.4, 0.5) is 10.1 Å². The molecule has 0 fully saturated rings. The molecule has 0 spiro atoms. The largest absolute Gasteiger partial charge is 0.481 e. The summed E-state index contributed by atoms with van der Waals surface area (Å²) in [4.78, 5) is 21.9. The Morgan fingerprint density at radius 1 is 1.21 bits per heavy atom. The summed E-state index contributed by atoms with van der Waals surface area (Å²) in [6.07, 6.45) is 0.623. The number of carbonyl (C=O) groups excluding carboxylic acids is 1. The smallest absolute Gasteiger partial charge is 0.303 e. The van der Waals surface area contributed by atoms with Crippen molar-refractivity contribution < 1.29 is 27.5 Å². The molecule has 3 N–H and O–H groups in total. The molecule has 2 aromatic rings. The number of aryl methyl sites for hydroxylation is 1. The number of rotatable bonds is 8. The van der Waals surface area contributed by atoms with E-state index in [-0.39, 0.29) is 37.3 Å². The average Bonchev–Trinajstić information content (AvgIpc) is 2.66. The van der Waals surface area contributed by atoms with Crippen molar-refractivity contribution in [2.75, 3.05) is 5.32 Å². The van der Waals surface area contributed by atoms with E-state index in [1.165, 1.54) is 6.07 Å². The zero-order valence-electron chi connectivity index (χ0n) is 15.5. The van der Waals surface area contributed by atoms with E-state index in [2.05, 4.69) is 10.0 Å². The molecule has 1 atom stereocenters. The Labute approximate surface area is 168 Å². The van der Waals surface area contributed by atoms with E-state index in [9.17, 15) is 22.4 Å². The second kappa shape index (κ2) is 8.71. The summed E-state index contributed by atoms with van der Waals surface area (Å²) < 4.78 is 42.7. The zero-order chi connectivity index (χ0) is 21.0. The summed E-state index contributed by atoms with van der Waals surface area (Å²) in [5.74, 6) is -2.27. The number of benzene rings is 2. The minimum absolute atomic E-state index is 0.0616. The van der Waals surface area contributed by atoms with Crippen molar-refractivity contribution in [3.8, 4) is 0 Å². The van der Waals surface area contributed by atoms with Crippen LogP contribution in [0.25, 0.3) is 0 Å². The lowest BCUT2D eigenvalue weighted by Crippen LogP contribution is -2.37. The second-order valence-corrected chi connectivity index (χ2v) is 8.61. The van der Waals surface area contributed by atoms with Crippen LogP contribution in [0.2, 0.25) is 0 Å². The van der Waals surface area contributed by atoms with Crippen molar-refractivity contribution in [2.45, 2.75) is 43.0 Å². The van der Waals surface area contributed by atoms with Crippen LogP contribution in [0.5, 0.6) is 0 Å². The van der Waals surface area contributed by atoms with Gasteiger partial charge < -0.3 is 10.4 Å². The van der Waals surface area contributed by atoms with Crippen molar-refractivity contribution in [1.82, 2.24) is 4.72 Å². The van der Waals surface area contributed by atoms with Crippen LogP contribution in [0, 0.1) is 5.82 Å². The summed E-state index contributed by atoms with van der Waals surface area (Å²) in [7, 11) is -4.24. The van der Waals surface area contributed by atoms with E-state index in [0.29, 0.717) is 12.0 Å². The fourth-order valence-corrected chi connectivity index (χ4v) is 4.65. The highest BCUT2D eigenvalue weighted by molar-refractivity contribution is 7.89. The van der Waals surface area contributed by atoms with E-state index in [4.69, 9.17) is 5.11 Å². The Bertz CT molecular complexity index is 1020. The minimum Gasteiger partial charge on any atom is -0.481 e. The predicted molar refractivity (Wildman–Crippen MR) is 104 cm³/mol. The number of halogens is 1. The van der Waals surface area contributed by atoms with Gasteiger partial charge in [-0.3, -0.25) is 9.59 Å². The number of nitrogens with one attached hydrogen (secondary N) is 2. The molecule has 0 saturated heterocycles. The maximum atomic E-state index is 14.5. The third-order valence-electron chi connectivity index (χ3n) is 4.70. The molecule has 1 unspecified atom stereocenters. The molecule has 0 bridgehead atoms. The van der Waals surface area contributed by atoms with Gasteiger partial charge in [0.25, 0.3) is 0 Å². The highest BCUT2D eigenvalue weighted by atomic mass is 32.2. The van der Waals surface area contributed by atoms with Crippen LogP contribution in [0.1, 0.15) is 30.4 Å². The van der Waals surface area contributed by atoms with E-state index in [1.807, 2.05) is 18.2 Å². The van der Waals surface area contributed by atoms with Gasteiger partial charge in [-0.2, -0.15) is 0 Å². The summed E-state index contributed by atoms with van der Waals surface area (Å²) >= 11 is 0. The SMILES string of the molecule is O=C(O)CCC(Cc1ccccc1)NS(=O)(=O)c1cc2c(cc1F)NC(=O)CC2. The van der Waals surface area contributed by atoms with Crippen LogP contribution >= 0.6 is 0 Å². The van der Waals surface area contributed by atoms with E-state index >= 15 is 0 Å². The first kappa shape index (κ1) is 20.9. The number of anilines is 1. The van der Waals surface area contributed by atoms with Crippen molar-refractivity contribution >= 4 is 27.6 Å². The lowest BCUT2D eigenvalue weighted by Gasteiger charge is -2.21. The van der Waals surface area contributed by atoms with Crippen LogP contribution in [0.3, 0.4) is 0 Å². The van der Waals surface area contributed by atoms with Crippen LogP contribution in [-0.2, 0) is 32.5 Å². The van der Waals surface area contributed by atoms with E-state index in [1.54, 1.807) is 12.1 Å². The van der Waals surface area contributed by atoms with Crippen LogP contribution in [-0.4, -0.2) is 31.4 Å². The fourth-order valence-electron chi connectivity index (χ4n) is 3.27. The number of aliphatic carboxylic acids is 1. The quantitative estimate of drug-likeness (QED) is 0.607. The van der Waals surface area contributed by atoms with Crippen molar-refractivity contribution in [1.29, 1.82) is 0 Å². The van der Waals surface area contributed by atoms with Gasteiger partial charge in [-0.25, -0.2) is 17.5 Å². The number of hydrogen-bond donors (Lipinski definition) is 3. The molecule has 154 valence electrons. The molecule has 0 radical (unpaired) electrons. The number of hydrogen-bond acceptors (Lipinski definition) is 4. The molecule has 1 aliphatic heterocycles. The van der Waals surface area contributed by atoms with Gasteiger partial charge in [0.2, 0.25) is 15.9 Å². The third kappa shape index (κ3) is 5.39. The number of fused-ring (bicyclic) bond motifs is 1. The molecule has 3 rings (SSSR count). The number of amides is 1. The van der Waals surface area contributed by atoms with Gasteiger partial charge in [0.05, 0.1) is 0 Å². The Kier molecular flexibility index (Phi) is 6.29. The number of carbonyl (C=O) groups is 2. The Morgan fingerprint density at radius 2 is 1.93 bits per heavy atom. The van der Waals surface area contributed by atoms with Gasteiger partial charge >= 0.3 is 5.97 Å². The second-order valence-electron chi connectivity index (χ2n) is 6.93. The van der Waals surface area contributed by atoms with Gasteiger partial charge in [0, 0.05) is 24.6 Å². The normalized spacial score (nSPS) is 14.7. The predicted octanol–water partition coefficient (Wildman–Crippen LogP) is 2.46. The molecule has 7 nitrogen and oxygen atoms in total. The van der Waals surface area contributed by atoms with Crippen molar-refractivity contribution in [3.05, 3.63) is 59.4 Å². The third-order valence-corrected chi connectivity index (χ3v) is 6.23. The first-order valence-corrected chi connectivity index (χ1v) is 10.6. The zero-order valence-corrected chi connectivity index (χ0v) is 16.3. The lowest BCUT2D eigenvalue weighted by atomic mass is 10.0. The highest BCUT2D eigenvalue weighted by Crippen LogP contribution is 2.28. The Morgan fingerprint density at radius 3 is 2.62 bits per heavy atom. The summed E-state index contributed by atoms with van der Waals surface area (Å²) in [6, 6.07) is 10.6. The maximum absolute atomic E-state index is 14.5. The van der Waals surface area contributed by atoms with Crippen LogP contribution < -0.4 is 10.0 Å². The first-order valence-electron chi connectivity index (χ1n) is 9.15. The Balaban J connectivity index is 1.86.